The molecule has 0 bridgehead atoms. The van der Waals surface area contributed by atoms with Crippen molar-refractivity contribution in [1.29, 1.82) is 0 Å². The fourth-order valence-electron chi connectivity index (χ4n) is 3.84. The number of aryl methyl sites for hydroxylation is 1. The van der Waals surface area contributed by atoms with E-state index in [0.29, 0.717) is 42.8 Å². The molecule has 190 valence electrons. The van der Waals surface area contributed by atoms with Gasteiger partial charge in [-0.25, -0.2) is 19.6 Å². The van der Waals surface area contributed by atoms with Crippen LogP contribution in [0.3, 0.4) is 0 Å². The second-order valence-electron chi connectivity index (χ2n) is 8.81. The zero-order valence-electron chi connectivity index (χ0n) is 20.6. The van der Waals surface area contributed by atoms with Gasteiger partial charge in [-0.1, -0.05) is 6.07 Å². The average molecular weight is 512 g/mol. The van der Waals surface area contributed by atoms with Crippen molar-refractivity contribution in [2.75, 3.05) is 39.6 Å². The number of carbonyl (C=O) groups is 2. The number of ether oxygens (including phenoxy) is 1. The number of hydrogen-bond acceptors (Lipinski definition) is 9. The van der Waals surface area contributed by atoms with Crippen LogP contribution in [0.15, 0.2) is 36.7 Å². The molecule has 3 aromatic rings. The number of methoxy groups -OCH3 is 1. The van der Waals surface area contributed by atoms with Crippen LogP contribution in [0, 0.1) is 6.92 Å². The largest absolute Gasteiger partial charge is 0.481 e. The lowest BCUT2D eigenvalue weighted by atomic mass is 9.92. The number of carbonyl (C=O) groups excluding carboxylic acids is 2. The molecule has 0 spiro atoms. The summed E-state index contributed by atoms with van der Waals surface area (Å²) >= 11 is 1.43. The molecule has 36 heavy (non-hydrogen) atoms. The number of piperidine rings is 1. The van der Waals surface area contributed by atoms with E-state index in [1.165, 1.54) is 21.1 Å². The highest BCUT2D eigenvalue weighted by Gasteiger charge is 2.38. The van der Waals surface area contributed by atoms with Crippen molar-refractivity contribution >= 4 is 35.0 Å². The Hall–Kier alpha value is -3.77. The van der Waals surface area contributed by atoms with E-state index in [1.807, 2.05) is 25.1 Å². The molecule has 4 rings (SSSR count). The zero-order valence-corrected chi connectivity index (χ0v) is 21.4. The van der Waals surface area contributed by atoms with Gasteiger partial charge in [0.2, 0.25) is 11.8 Å². The minimum atomic E-state index is -1.13. The smallest absolute Gasteiger partial charge is 0.325 e. The minimum Gasteiger partial charge on any atom is -0.481 e. The Kier molecular flexibility index (Phi) is 7.36. The average Bonchev–Trinajstić information content (AvgIpc) is 3.35. The number of rotatable bonds is 5. The molecule has 11 nitrogen and oxygen atoms in total. The summed E-state index contributed by atoms with van der Waals surface area (Å²) in [6.07, 6.45) is 4.04. The van der Waals surface area contributed by atoms with Gasteiger partial charge in [-0.05, 0) is 30.2 Å². The Morgan fingerprint density at radius 3 is 2.64 bits per heavy atom. The maximum absolute atomic E-state index is 12.3. The van der Waals surface area contributed by atoms with E-state index in [0.717, 1.165) is 21.7 Å². The molecule has 3 N–H and O–H groups in total. The number of likely N-dealkylation sites (tertiary alicyclic amines) is 1. The van der Waals surface area contributed by atoms with Gasteiger partial charge < -0.3 is 25.0 Å². The van der Waals surface area contributed by atoms with E-state index in [9.17, 15) is 14.7 Å². The predicted molar refractivity (Wildman–Crippen MR) is 136 cm³/mol. The molecule has 0 saturated carbocycles. The molecule has 1 aliphatic heterocycles. The van der Waals surface area contributed by atoms with Gasteiger partial charge in [0.05, 0.1) is 12.0 Å². The van der Waals surface area contributed by atoms with Crippen LogP contribution in [0.1, 0.15) is 23.4 Å². The first-order valence-corrected chi connectivity index (χ1v) is 12.2. The van der Waals surface area contributed by atoms with Gasteiger partial charge in [0.1, 0.15) is 10.6 Å². The Bertz CT molecular complexity index is 1250. The van der Waals surface area contributed by atoms with Crippen molar-refractivity contribution in [2.45, 2.75) is 25.4 Å². The first-order valence-electron chi connectivity index (χ1n) is 11.4. The number of aliphatic hydroxyl groups is 1. The van der Waals surface area contributed by atoms with Crippen LogP contribution in [-0.4, -0.2) is 76.2 Å². The van der Waals surface area contributed by atoms with Gasteiger partial charge in [-0.15, -0.1) is 11.3 Å². The summed E-state index contributed by atoms with van der Waals surface area (Å²) in [6, 6.07) is 6.76. The fraction of sp³-hybridized carbons (Fsp3) is 0.375. The van der Waals surface area contributed by atoms with Crippen molar-refractivity contribution in [3.8, 4) is 16.3 Å². The molecule has 1 saturated heterocycles. The molecule has 12 heteroatoms. The lowest BCUT2D eigenvalue weighted by Crippen LogP contribution is -2.51. The number of hydrogen-bond donors (Lipinski definition) is 3. The third-order valence-electron chi connectivity index (χ3n) is 5.86. The van der Waals surface area contributed by atoms with Crippen LogP contribution in [-0.2, 0) is 5.60 Å². The third kappa shape index (κ3) is 5.71. The molecule has 2 aromatic heterocycles. The Morgan fingerprint density at radius 2 is 1.94 bits per heavy atom. The fourth-order valence-corrected chi connectivity index (χ4v) is 4.89. The van der Waals surface area contributed by atoms with Crippen LogP contribution in [0.25, 0.3) is 10.4 Å². The third-order valence-corrected chi connectivity index (χ3v) is 7.10. The quantitative estimate of drug-likeness (QED) is 0.475. The monoisotopic (exact) mass is 511 g/mol. The topological polar surface area (TPSA) is 133 Å². The van der Waals surface area contributed by atoms with Crippen molar-refractivity contribution in [1.82, 2.24) is 30.1 Å². The summed E-state index contributed by atoms with van der Waals surface area (Å²) < 4.78 is 5.16. The Morgan fingerprint density at radius 1 is 1.19 bits per heavy atom. The van der Waals surface area contributed by atoms with Crippen molar-refractivity contribution in [3.63, 3.8) is 0 Å². The zero-order chi connectivity index (χ0) is 25.9. The summed E-state index contributed by atoms with van der Waals surface area (Å²) in [7, 11) is 4.69. The number of urea groups is 2. The van der Waals surface area contributed by atoms with E-state index in [-0.39, 0.29) is 0 Å². The molecule has 0 aliphatic carbocycles. The number of aromatic nitrogens is 3. The maximum atomic E-state index is 12.3. The van der Waals surface area contributed by atoms with E-state index in [2.05, 4.69) is 25.6 Å². The second-order valence-corrected chi connectivity index (χ2v) is 9.84. The molecular formula is C24H29N7O4S. The summed E-state index contributed by atoms with van der Waals surface area (Å²) in [5.41, 5.74) is 1.67. The van der Waals surface area contributed by atoms with Gasteiger partial charge in [0.25, 0.3) is 0 Å². The van der Waals surface area contributed by atoms with E-state index >= 15 is 0 Å². The molecule has 0 atom stereocenters. The number of nitrogens with zero attached hydrogens (tertiary/aromatic N) is 5. The maximum Gasteiger partial charge on any atom is 0.325 e. The molecule has 3 heterocycles. The number of nitrogens with one attached hydrogen (secondary N) is 2. The Labute approximate surface area is 213 Å². The van der Waals surface area contributed by atoms with Gasteiger partial charge in [-0.3, -0.25) is 5.32 Å². The SMILES string of the molecule is COc1ccnc(Nc2cc(C)cc(-c3cnc(C4(O)CCN(C(=O)NC(=O)N(C)C)CC4)s3)c2)n1. The van der Waals surface area contributed by atoms with Crippen molar-refractivity contribution < 1.29 is 19.4 Å². The van der Waals surface area contributed by atoms with Crippen molar-refractivity contribution in [2.24, 2.45) is 0 Å². The van der Waals surface area contributed by atoms with Crippen LogP contribution >= 0.6 is 11.3 Å². The first kappa shape index (κ1) is 25.3. The van der Waals surface area contributed by atoms with E-state index in [1.54, 1.807) is 39.7 Å². The molecule has 1 aliphatic rings. The lowest BCUT2D eigenvalue weighted by molar-refractivity contribution is -0.0167. The number of imide groups is 1. The van der Waals surface area contributed by atoms with Gasteiger partial charge in [0, 0.05) is 64.2 Å². The minimum absolute atomic E-state index is 0.316. The molecule has 0 radical (unpaired) electrons. The number of thiazole rings is 1. The van der Waals surface area contributed by atoms with Crippen LogP contribution in [0.4, 0.5) is 21.2 Å². The summed E-state index contributed by atoms with van der Waals surface area (Å²) in [6.45, 7) is 2.63. The second kappa shape index (κ2) is 10.5. The summed E-state index contributed by atoms with van der Waals surface area (Å²) in [5.74, 6) is 0.891. The molecular weight excluding hydrogens is 482 g/mol. The highest BCUT2D eigenvalue weighted by molar-refractivity contribution is 7.15. The van der Waals surface area contributed by atoms with Gasteiger partial charge in [0.15, 0.2) is 0 Å². The van der Waals surface area contributed by atoms with E-state index < -0.39 is 17.7 Å². The highest BCUT2D eigenvalue weighted by Crippen LogP contribution is 2.39. The number of amides is 4. The molecule has 1 fully saturated rings. The standard InChI is InChI=1S/C24H29N7O4S/c1-15-11-16(13-17(12-15)27-21-25-8-5-19(28-21)35-4)18-14-26-20(36-18)24(34)6-9-31(10-7-24)23(33)29-22(32)30(2)3/h5,8,11-14,34H,6-7,9-10H2,1-4H3,(H,25,27,28)(H,29,32,33). The van der Waals surface area contributed by atoms with Crippen molar-refractivity contribution in [3.05, 3.63) is 47.2 Å². The van der Waals surface area contributed by atoms with Crippen LogP contribution in [0.2, 0.25) is 0 Å². The molecule has 4 amide bonds. The van der Waals surface area contributed by atoms with Crippen LogP contribution < -0.4 is 15.4 Å². The normalized spacial score (nSPS) is 14.8. The van der Waals surface area contributed by atoms with Crippen LogP contribution in [0.5, 0.6) is 5.88 Å². The number of benzene rings is 1. The summed E-state index contributed by atoms with van der Waals surface area (Å²) in [4.78, 5) is 40.9. The van der Waals surface area contributed by atoms with Gasteiger partial charge in [-0.2, -0.15) is 4.98 Å². The molecule has 0 unspecified atom stereocenters. The predicted octanol–water partition coefficient (Wildman–Crippen LogP) is 3.34. The Balaban J connectivity index is 1.46. The molecule has 1 aromatic carbocycles. The van der Waals surface area contributed by atoms with Gasteiger partial charge >= 0.3 is 12.1 Å². The lowest BCUT2D eigenvalue weighted by Gasteiger charge is -2.36. The number of anilines is 2. The first-order chi connectivity index (χ1) is 17.2. The highest BCUT2D eigenvalue weighted by atomic mass is 32.1. The van der Waals surface area contributed by atoms with E-state index in [4.69, 9.17) is 4.74 Å². The summed E-state index contributed by atoms with van der Waals surface area (Å²) in [5, 5.41) is 17.4.